The number of nitrogens with one attached hydrogen (secondary N) is 1. The molecule has 3 unspecified atom stereocenters. The molecule has 1 saturated heterocycles. The lowest BCUT2D eigenvalue weighted by Gasteiger charge is -2.38. The summed E-state index contributed by atoms with van der Waals surface area (Å²) in [5.41, 5.74) is 0. The Balaban J connectivity index is 1.49. The first kappa shape index (κ1) is 17.3. The zero-order valence-corrected chi connectivity index (χ0v) is 15.3. The third-order valence-electron chi connectivity index (χ3n) is 5.60. The zero-order valence-electron chi connectivity index (χ0n) is 14.5. The van der Waals surface area contributed by atoms with Gasteiger partial charge in [-0.25, -0.2) is 4.79 Å². The fourth-order valence-corrected chi connectivity index (χ4v) is 4.40. The van der Waals surface area contributed by atoms with Crippen LogP contribution in [0.5, 0.6) is 0 Å². The second-order valence-electron chi connectivity index (χ2n) is 7.08. The fourth-order valence-electron chi connectivity index (χ4n) is 3.70. The Labute approximate surface area is 148 Å². The van der Waals surface area contributed by atoms with Crippen molar-refractivity contribution >= 4 is 23.3 Å². The molecule has 1 aliphatic heterocycles. The first-order chi connectivity index (χ1) is 11.6. The van der Waals surface area contributed by atoms with Gasteiger partial charge in [0.1, 0.15) is 0 Å². The molecular weight excluding hydrogens is 322 g/mol. The summed E-state index contributed by atoms with van der Waals surface area (Å²) in [6, 6.07) is 4.07. The number of hydrogen-bond donors (Lipinski definition) is 1. The van der Waals surface area contributed by atoms with E-state index in [2.05, 4.69) is 19.2 Å². The number of amides is 3. The van der Waals surface area contributed by atoms with Crippen LogP contribution < -0.4 is 5.32 Å². The smallest absolute Gasteiger partial charge is 0.317 e. The minimum atomic E-state index is 0.0316. The lowest BCUT2D eigenvalue weighted by molar-refractivity contribution is 0.0664. The Morgan fingerprint density at radius 2 is 1.83 bits per heavy atom. The molecule has 0 bridgehead atoms. The van der Waals surface area contributed by atoms with Gasteiger partial charge in [0.25, 0.3) is 5.91 Å². The average Bonchev–Trinajstić information content (AvgIpc) is 3.13. The summed E-state index contributed by atoms with van der Waals surface area (Å²) in [5, 5.41) is 5.15. The Morgan fingerprint density at radius 1 is 1.12 bits per heavy atom. The second kappa shape index (κ2) is 7.55. The van der Waals surface area contributed by atoms with E-state index in [0.29, 0.717) is 38.0 Å². The van der Waals surface area contributed by atoms with Gasteiger partial charge in [-0.05, 0) is 29.7 Å². The standard InChI is InChI=1S/C18H27N3O2S/c1-13-5-3-6-15(14(13)2)19-18(23)21-10-8-20(9-11-21)17(22)16-7-4-12-24-16/h4,7,12-15H,3,5-6,8-11H2,1-2H3,(H,19,23). The van der Waals surface area contributed by atoms with Gasteiger partial charge in [-0.2, -0.15) is 0 Å². The van der Waals surface area contributed by atoms with E-state index >= 15 is 0 Å². The maximum Gasteiger partial charge on any atom is 0.317 e. The SMILES string of the molecule is CC1CCCC(NC(=O)N2CCN(C(=O)c3cccs3)CC2)C1C. The van der Waals surface area contributed by atoms with Gasteiger partial charge in [-0.3, -0.25) is 4.79 Å². The van der Waals surface area contributed by atoms with E-state index in [-0.39, 0.29) is 18.0 Å². The number of rotatable bonds is 2. The molecule has 1 aliphatic carbocycles. The third kappa shape index (κ3) is 3.74. The molecule has 0 radical (unpaired) electrons. The molecule has 3 atom stereocenters. The first-order valence-corrected chi connectivity index (χ1v) is 9.82. The summed E-state index contributed by atoms with van der Waals surface area (Å²) < 4.78 is 0. The van der Waals surface area contributed by atoms with Crippen LogP contribution in [-0.2, 0) is 0 Å². The number of piperazine rings is 1. The van der Waals surface area contributed by atoms with Crippen molar-refractivity contribution in [3.63, 3.8) is 0 Å². The van der Waals surface area contributed by atoms with Gasteiger partial charge in [0, 0.05) is 32.2 Å². The quantitative estimate of drug-likeness (QED) is 0.892. The van der Waals surface area contributed by atoms with Crippen LogP contribution in [0.4, 0.5) is 4.79 Å². The van der Waals surface area contributed by atoms with Crippen LogP contribution in [-0.4, -0.2) is 54.0 Å². The van der Waals surface area contributed by atoms with Gasteiger partial charge in [0.15, 0.2) is 0 Å². The van der Waals surface area contributed by atoms with Crippen LogP contribution in [0.1, 0.15) is 42.8 Å². The topological polar surface area (TPSA) is 52.7 Å². The molecular formula is C18H27N3O2S. The Bertz CT molecular complexity index is 567. The highest BCUT2D eigenvalue weighted by molar-refractivity contribution is 7.12. The molecule has 2 fully saturated rings. The van der Waals surface area contributed by atoms with Crippen molar-refractivity contribution in [3.05, 3.63) is 22.4 Å². The summed E-state index contributed by atoms with van der Waals surface area (Å²) in [6.45, 7) is 6.96. The van der Waals surface area contributed by atoms with E-state index in [4.69, 9.17) is 0 Å². The van der Waals surface area contributed by atoms with Gasteiger partial charge in [-0.1, -0.05) is 32.8 Å². The molecule has 1 aromatic rings. The van der Waals surface area contributed by atoms with Crippen LogP contribution in [0.25, 0.3) is 0 Å². The highest BCUT2D eigenvalue weighted by Gasteiger charge is 2.31. The van der Waals surface area contributed by atoms with E-state index in [1.54, 1.807) is 0 Å². The average molecular weight is 350 g/mol. The molecule has 1 saturated carbocycles. The lowest BCUT2D eigenvalue weighted by Crippen LogP contribution is -2.55. The predicted octanol–water partition coefficient (Wildman–Crippen LogP) is 3.04. The number of urea groups is 1. The van der Waals surface area contributed by atoms with E-state index in [1.165, 1.54) is 24.2 Å². The van der Waals surface area contributed by atoms with Gasteiger partial charge in [0.2, 0.25) is 0 Å². The van der Waals surface area contributed by atoms with Crippen molar-refractivity contribution in [3.8, 4) is 0 Å². The van der Waals surface area contributed by atoms with Crippen LogP contribution in [0.3, 0.4) is 0 Å². The normalized spacial score (nSPS) is 27.8. The number of nitrogens with zero attached hydrogens (tertiary/aromatic N) is 2. The molecule has 3 rings (SSSR count). The number of hydrogen-bond acceptors (Lipinski definition) is 3. The third-order valence-corrected chi connectivity index (χ3v) is 6.46. The van der Waals surface area contributed by atoms with Crippen molar-refractivity contribution in [1.82, 2.24) is 15.1 Å². The molecule has 6 heteroatoms. The molecule has 132 valence electrons. The van der Waals surface area contributed by atoms with E-state index in [9.17, 15) is 9.59 Å². The lowest BCUT2D eigenvalue weighted by atomic mass is 9.78. The van der Waals surface area contributed by atoms with Gasteiger partial charge >= 0.3 is 6.03 Å². The fraction of sp³-hybridized carbons (Fsp3) is 0.667. The van der Waals surface area contributed by atoms with Crippen molar-refractivity contribution in [2.75, 3.05) is 26.2 Å². The van der Waals surface area contributed by atoms with Crippen LogP contribution in [0.15, 0.2) is 17.5 Å². The largest absolute Gasteiger partial charge is 0.335 e. The Kier molecular flexibility index (Phi) is 5.43. The van der Waals surface area contributed by atoms with Gasteiger partial charge in [0.05, 0.1) is 4.88 Å². The molecule has 2 heterocycles. The molecule has 0 spiro atoms. The summed E-state index contributed by atoms with van der Waals surface area (Å²) in [7, 11) is 0. The van der Waals surface area contributed by atoms with E-state index < -0.39 is 0 Å². The highest BCUT2D eigenvalue weighted by Crippen LogP contribution is 2.29. The van der Waals surface area contributed by atoms with Crippen molar-refractivity contribution in [2.24, 2.45) is 11.8 Å². The predicted molar refractivity (Wildman–Crippen MR) is 96.3 cm³/mol. The monoisotopic (exact) mass is 349 g/mol. The maximum absolute atomic E-state index is 12.5. The second-order valence-corrected chi connectivity index (χ2v) is 8.03. The minimum Gasteiger partial charge on any atom is -0.335 e. The number of carbonyl (C=O) groups is 2. The molecule has 24 heavy (non-hydrogen) atoms. The zero-order chi connectivity index (χ0) is 17.1. The molecule has 5 nitrogen and oxygen atoms in total. The van der Waals surface area contributed by atoms with Crippen molar-refractivity contribution < 1.29 is 9.59 Å². The highest BCUT2D eigenvalue weighted by atomic mass is 32.1. The summed E-state index contributed by atoms with van der Waals surface area (Å²) in [6.07, 6.45) is 3.53. The number of carbonyl (C=O) groups excluding carboxylic acids is 2. The van der Waals surface area contributed by atoms with Crippen LogP contribution in [0.2, 0.25) is 0 Å². The first-order valence-electron chi connectivity index (χ1n) is 8.94. The number of thiophene rings is 1. The minimum absolute atomic E-state index is 0.0316. The van der Waals surface area contributed by atoms with E-state index in [0.717, 1.165) is 11.3 Å². The van der Waals surface area contributed by atoms with Gasteiger partial charge in [-0.15, -0.1) is 11.3 Å². The summed E-state index contributed by atoms with van der Waals surface area (Å²) in [5.74, 6) is 1.29. The molecule has 1 aromatic heterocycles. The molecule has 3 amide bonds. The Morgan fingerprint density at radius 3 is 2.50 bits per heavy atom. The van der Waals surface area contributed by atoms with Gasteiger partial charge < -0.3 is 15.1 Å². The van der Waals surface area contributed by atoms with Crippen molar-refractivity contribution in [1.29, 1.82) is 0 Å². The molecule has 2 aliphatic rings. The summed E-state index contributed by atoms with van der Waals surface area (Å²) >= 11 is 1.47. The molecule has 0 aromatic carbocycles. The maximum atomic E-state index is 12.5. The van der Waals surface area contributed by atoms with Crippen LogP contribution >= 0.6 is 11.3 Å². The Hall–Kier alpha value is -1.56. The van der Waals surface area contributed by atoms with Crippen molar-refractivity contribution in [2.45, 2.75) is 39.2 Å². The summed E-state index contributed by atoms with van der Waals surface area (Å²) in [4.78, 5) is 29.4. The van der Waals surface area contributed by atoms with Crippen LogP contribution in [0, 0.1) is 11.8 Å². The van der Waals surface area contributed by atoms with E-state index in [1.807, 2.05) is 27.3 Å². The molecule has 1 N–H and O–H groups in total.